The summed E-state index contributed by atoms with van der Waals surface area (Å²) in [6, 6.07) is 15.7. The number of nitrogens with one attached hydrogen (secondary N) is 1. The number of hydrogen-bond donors (Lipinski definition) is 1. The Morgan fingerprint density at radius 2 is 1.85 bits per heavy atom. The maximum Gasteiger partial charge on any atom is 0.338 e. The van der Waals surface area contributed by atoms with Crippen molar-refractivity contribution >= 4 is 35.6 Å². The van der Waals surface area contributed by atoms with Crippen molar-refractivity contribution in [3.05, 3.63) is 93.4 Å². The summed E-state index contributed by atoms with van der Waals surface area (Å²) in [6.45, 7) is 6.00. The summed E-state index contributed by atoms with van der Waals surface area (Å²) in [5.41, 5.74) is 4.69. The molecule has 0 radical (unpaired) electrons. The highest BCUT2D eigenvalue weighted by atomic mass is 35.5. The highest BCUT2D eigenvalue weighted by Crippen LogP contribution is 2.26. The summed E-state index contributed by atoms with van der Waals surface area (Å²) in [4.78, 5) is 38.7. The molecule has 0 unspecified atom stereocenters. The first-order chi connectivity index (χ1) is 16.3. The fourth-order valence-electron chi connectivity index (χ4n) is 3.99. The van der Waals surface area contributed by atoms with Gasteiger partial charge < -0.3 is 14.6 Å². The second-order valence-electron chi connectivity index (χ2n) is 7.90. The zero-order valence-corrected chi connectivity index (χ0v) is 19.8. The van der Waals surface area contributed by atoms with E-state index in [4.69, 9.17) is 16.3 Å². The molecule has 4 rings (SSSR count). The van der Waals surface area contributed by atoms with Crippen LogP contribution in [0.3, 0.4) is 0 Å². The molecule has 0 aliphatic carbocycles. The minimum atomic E-state index is -0.493. The van der Waals surface area contributed by atoms with Gasteiger partial charge in [-0.15, -0.1) is 0 Å². The molecular formula is C26H24ClN3O4. The SMILES string of the molecule is CCOC(=O)c1cccc(-n2c(C)cc(/C=C3/NC(=O)N(Cc4ccccc4Cl)C3=O)c2C)c1. The average Bonchev–Trinajstić information content (AvgIpc) is 3.24. The molecule has 3 aromatic rings. The summed E-state index contributed by atoms with van der Waals surface area (Å²) in [7, 11) is 0. The van der Waals surface area contributed by atoms with Crippen molar-refractivity contribution in [1.29, 1.82) is 0 Å². The summed E-state index contributed by atoms with van der Waals surface area (Å²) < 4.78 is 7.09. The molecule has 1 saturated heterocycles. The highest BCUT2D eigenvalue weighted by Gasteiger charge is 2.34. The van der Waals surface area contributed by atoms with Crippen LogP contribution in [-0.2, 0) is 16.1 Å². The Morgan fingerprint density at radius 1 is 1.09 bits per heavy atom. The fraction of sp³-hybridized carbons (Fsp3) is 0.192. The molecule has 7 nitrogen and oxygen atoms in total. The smallest absolute Gasteiger partial charge is 0.338 e. The number of amides is 3. The lowest BCUT2D eigenvalue weighted by atomic mass is 10.2. The van der Waals surface area contributed by atoms with Crippen molar-refractivity contribution in [3.8, 4) is 5.69 Å². The molecule has 174 valence electrons. The van der Waals surface area contributed by atoms with Crippen molar-refractivity contribution in [2.45, 2.75) is 27.3 Å². The van der Waals surface area contributed by atoms with Gasteiger partial charge in [-0.25, -0.2) is 9.59 Å². The number of urea groups is 1. The van der Waals surface area contributed by atoms with E-state index in [2.05, 4.69) is 5.32 Å². The Bertz CT molecular complexity index is 1330. The maximum atomic E-state index is 13.0. The zero-order chi connectivity index (χ0) is 24.4. The number of nitrogens with zero attached hydrogens (tertiary/aromatic N) is 2. The van der Waals surface area contributed by atoms with Crippen LogP contribution in [0.5, 0.6) is 0 Å². The minimum absolute atomic E-state index is 0.0847. The van der Waals surface area contributed by atoms with Gasteiger partial charge in [-0.2, -0.15) is 0 Å². The molecule has 2 aromatic carbocycles. The second-order valence-corrected chi connectivity index (χ2v) is 8.31. The predicted molar refractivity (Wildman–Crippen MR) is 130 cm³/mol. The molecule has 34 heavy (non-hydrogen) atoms. The van der Waals surface area contributed by atoms with Crippen LogP contribution >= 0.6 is 11.6 Å². The van der Waals surface area contributed by atoms with Crippen LogP contribution in [0, 0.1) is 13.8 Å². The molecule has 2 heterocycles. The van der Waals surface area contributed by atoms with Crippen LogP contribution in [0.25, 0.3) is 11.8 Å². The molecule has 1 N–H and O–H groups in total. The van der Waals surface area contributed by atoms with E-state index in [1.54, 1.807) is 49.4 Å². The lowest BCUT2D eigenvalue weighted by Crippen LogP contribution is -2.30. The van der Waals surface area contributed by atoms with E-state index >= 15 is 0 Å². The normalized spacial score (nSPS) is 14.6. The van der Waals surface area contributed by atoms with Gasteiger partial charge in [0.25, 0.3) is 5.91 Å². The number of rotatable bonds is 6. The molecule has 1 fully saturated rings. The van der Waals surface area contributed by atoms with Crippen LogP contribution in [-0.4, -0.2) is 34.0 Å². The van der Waals surface area contributed by atoms with Crippen LogP contribution in [0.4, 0.5) is 4.79 Å². The number of aryl methyl sites for hydroxylation is 1. The Labute approximate surface area is 202 Å². The number of benzene rings is 2. The highest BCUT2D eigenvalue weighted by molar-refractivity contribution is 6.31. The van der Waals surface area contributed by atoms with Gasteiger partial charge in [0.15, 0.2) is 0 Å². The topological polar surface area (TPSA) is 80.6 Å². The van der Waals surface area contributed by atoms with Gasteiger partial charge in [0.05, 0.1) is 18.7 Å². The molecule has 0 bridgehead atoms. The van der Waals surface area contributed by atoms with Gasteiger partial charge in [-0.1, -0.05) is 35.9 Å². The summed E-state index contributed by atoms with van der Waals surface area (Å²) >= 11 is 6.20. The Morgan fingerprint density at radius 3 is 2.59 bits per heavy atom. The molecule has 3 amide bonds. The standard InChI is InChI=1S/C26H24ClN3O4/c1-4-34-25(32)18-9-7-10-21(13-18)30-16(2)12-20(17(30)3)14-23-24(31)29(26(33)28-23)15-19-8-5-6-11-22(19)27/h5-14H,4,15H2,1-3H3,(H,28,33)/b23-14+. The van der Waals surface area contributed by atoms with Gasteiger partial charge in [0.2, 0.25) is 0 Å². The van der Waals surface area contributed by atoms with Crippen LogP contribution < -0.4 is 5.32 Å². The number of halogens is 1. The molecule has 1 aromatic heterocycles. The Kier molecular flexibility index (Phi) is 6.56. The number of carbonyl (C=O) groups excluding carboxylic acids is 3. The number of hydrogen-bond acceptors (Lipinski definition) is 4. The molecular weight excluding hydrogens is 454 g/mol. The van der Waals surface area contributed by atoms with Crippen molar-refractivity contribution < 1.29 is 19.1 Å². The third-order valence-electron chi connectivity index (χ3n) is 5.63. The average molecular weight is 478 g/mol. The molecule has 8 heteroatoms. The first-order valence-electron chi connectivity index (χ1n) is 10.8. The number of carbonyl (C=O) groups is 3. The Balaban J connectivity index is 1.63. The lowest BCUT2D eigenvalue weighted by molar-refractivity contribution is -0.123. The number of ether oxygens (including phenoxy) is 1. The quantitative estimate of drug-likeness (QED) is 0.307. The molecule has 0 spiro atoms. The van der Waals surface area contributed by atoms with E-state index in [9.17, 15) is 14.4 Å². The minimum Gasteiger partial charge on any atom is -0.462 e. The maximum absolute atomic E-state index is 13.0. The first-order valence-corrected chi connectivity index (χ1v) is 11.2. The van der Waals surface area contributed by atoms with E-state index in [1.807, 2.05) is 36.6 Å². The van der Waals surface area contributed by atoms with Crippen LogP contribution in [0.15, 0.2) is 60.3 Å². The van der Waals surface area contributed by atoms with Crippen LogP contribution in [0.1, 0.15) is 39.8 Å². The van der Waals surface area contributed by atoms with Crippen molar-refractivity contribution in [1.82, 2.24) is 14.8 Å². The number of aromatic nitrogens is 1. The van der Waals surface area contributed by atoms with E-state index < -0.39 is 11.9 Å². The molecule has 1 aliphatic heterocycles. The van der Waals surface area contributed by atoms with Crippen LogP contribution in [0.2, 0.25) is 5.02 Å². The second kappa shape index (κ2) is 9.57. The predicted octanol–water partition coefficient (Wildman–Crippen LogP) is 5.02. The number of imide groups is 1. The fourth-order valence-corrected chi connectivity index (χ4v) is 4.18. The summed E-state index contributed by atoms with van der Waals surface area (Å²) in [5.74, 6) is -0.800. The third kappa shape index (κ3) is 4.47. The van der Waals surface area contributed by atoms with Gasteiger partial charge in [0.1, 0.15) is 5.70 Å². The van der Waals surface area contributed by atoms with E-state index in [1.165, 1.54) is 0 Å². The third-order valence-corrected chi connectivity index (χ3v) is 6.00. The zero-order valence-electron chi connectivity index (χ0n) is 19.1. The monoisotopic (exact) mass is 477 g/mol. The van der Waals surface area contributed by atoms with Gasteiger partial charge in [-0.3, -0.25) is 9.69 Å². The van der Waals surface area contributed by atoms with Crippen molar-refractivity contribution in [2.75, 3.05) is 6.61 Å². The van der Waals surface area contributed by atoms with Gasteiger partial charge in [0, 0.05) is 22.1 Å². The van der Waals surface area contributed by atoms with Gasteiger partial charge >= 0.3 is 12.0 Å². The number of esters is 1. The molecule has 0 atom stereocenters. The largest absolute Gasteiger partial charge is 0.462 e. The molecule has 0 saturated carbocycles. The Hall–Kier alpha value is -3.84. The van der Waals surface area contributed by atoms with E-state index in [0.717, 1.165) is 27.5 Å². The van der Waals surface area contributed by atoms with E-state index in [0.29, 0.717) is 22.8 Å². The van der Waals surface area contributed by atoms with Crippen molar-refractivity contribution in [2.24, 2.45) is 0 Å². The van der Waals surface area contributed by atoms with Crippen molar-refractivity contribution in [3.63, 3.8) is 0 Å². The molecule has 1 aliphatic rings. The first kappa shape index (κ1) is 23.3. The van der Waals surface area contributed by atoms with E-state index in [-0.39, 0.29) is 18.2 Å². The summed E-state index contributed by atoms with van der Waals surface area (Å²) in [6.07, 6.45) is 1.67. The lowest BCUT2D eigenvalue weighted by Gasteiger charge is -2.12. The van der Waals surface area contributed by atoms with Gasteiger partial charge in [-0.05, 0) is 68.3 Å². The summed E-state index contributed by atoms with van der Waals surface area (Å²) in [5, 5.41) is 3.16.